The van der Waals surface area contributed by atoms with Gasteiger partial charge in [-0.2, -0.15) is 0 Å². The Bertz CT molecular complexity index is 720. The van der Waals surface area contributed by atoms with Gasteiger partial charge in [0.05, 0.1) is 15.0 Å². The third-order valence-corrected chi connectivity index (χ3v) is 3.74. The summed E-state index contributed by atoms with van der Waals surface area (Å²) < 4.78 is 0. The van der Waals surface area contributed by atoms with E-state index in [4.69, 9.17) is 23.2 Å². The predicted molar refractivity (Wildman–Crippen MR) is 90.4 cm³/mol. The number of hydrogen-bond donors (Lipinski definition) is 2. The number of nitro benzene ring substituents is 1. The first-order valence-corrected chi connectivity index (χ1v) is 7.44. The van der Waals surface area contributed by atoms with Crippen molar-refractivity contribution in [3.8, 4) is 0 Å². The van der Waals surface area contributed by atoms with Gasteiger partial charge in [-0.25, -0.2) is 0 Å². The molecule has 23 heavy (non-hydrogen) atoms. The van der Waals surface area contributed by atoms with Crippen molar-refractivity contribution in [2.45, 2.75) is 0 Å². The topological polar surface area (TPSA) is 84.3 Å². The minimum Gasteiger partial charge on any atom is -0.383 e. The van der Waals surface area contributed by atoms with E-state index in [9.17, 15) is 14.9 Å². The van der Waals surface area contributed by atoms with Gasteiger partial charge in [-0.3, -0.25) is 14.9 Å². The zero-order valence-electron chi connectivity index (χ0n) is 11.9. The summed E-state index contributed by atoms with van der Waals surface area (Å²) in [6, 6.07) is 10.7. The van der Waals surface area contributed by atoms with Gasteiger partial charge in [0.2, 0.25) is 0 Å². The highest BCUT2D eigenvalue weighted by molar-refractivity contribution is 6.42. The quantitative estimate of drug-likeness (QED) is 0.470. The van der Waals surface area contributed by atoms with Crippen LogP contribution in [0.3, 0.4) is 0 Å². The van der Waals surface area contributed by atoms with Gasteiger partial charge in [0.25, 0.3) is 11.6 Å². The minimum absolute atomic E-state index is 0.0310. The summed E-state index contributed by atoms with van der Waals surface area (Å²) in [6.45, 7) is 0.862. The molecule has 0 atom stereocenters. The number of amides is 1. The van der Waals surface area contributed by atoms with Crippen LogP contribution in [0.2, 0.25) is 10.0 Å². The number of nitrogens with one attached hydrogen (secondary N) is 2. The summed E-state index contributed by atoms with van der Waals surface area (Å²) in [5, 5.41) is 17.0. The molecule has 0 saturated carbocycles. The van der Waals surface area contributed by atoms with E-state index in [2.05, 4.69) is 10.6 Å². The lowest BCUT2D eigenvalue weighted by Gasteiger charge is -2.08. The second kappa shape index (κ2) is 7.80. The number of carbonyl (C=O) groups is 1. The fraction of sp³-hybridized carbons (Fsp3) is 0.133. The monoisotopic (exact) mass is 353 g/mol. The number of benzene rings is 2. The first-order chi connectivity index (χ1) is 11.0. The molecule has 8 heteroatoms. The van der Waals surface area contributed by atoms with Crippen LogP contribution in [0.5, 0.6) is 0 Å². The van der Waals surface area contributed by atoms with Crippen LogP contribution in [0.25, 0.3) is 0 Å². The van der Waals surface area contributed by atoms with Crippen LogP contribution in [0.4, 0.5) is 11.4 Å². The highest BCUT2D eigenvalue weighted by Gasteiger charge is 2.07. The van der Waals surface area contributed by atoms with Gasteiger partial charge in [0.15, 0.2) is 0 Å². The summed E-state index contributed by atoms with van der Waals surface area (Å²) in [7, 11) is 0. The van der Waals surface area contributed by atoms with Crippen LogP contribution in [-0.2, 0) is 0 Å². The molecule has 0 radical (unpaired) electrons. The fourth-order valence-electron chi connectivity index (χ4n) is 1.82. The molecule has 2 N–H and O–H groups in total. The largest absolute Gasteiger partial charge is 0.383 e. The zero-order chi connectivity index (χ0) is 16.8. The van der Waals surface area contributed by atoms with E-state index in [-0.39, 0.29) is 11.6 Å². The molecule has 0 saturated heterocycles. The Morgan fingerprint density at radius 2 is 1.74 bits per heavy atom. The van der Waals surface area contributed by atoms with Crippen molar-refractivity contribution in [3.05, 3.63) is 68.2 Å². The van der Waals surface area contributed by atoms with Gasteiger partial charge in [-0.1, -0.05) is 23.2 Å². The molecule has 2 aromatic carbocycles. The van der Waals surface area contributed by atoms with Crippen LogP contribution < -0.4 is 10.6 Å². The molecule has 120 valence electrons. The average Bonchev–Trinajstić information content (AvgIpc) is 2.54. The third kappa shape index (κ3) is 4.84. The van der Waals surface area contributed by atoms with Gasteiger partial charge < -0.3 is 10.6 Å². The van der Waals surface area contributed by atoms with Crippen LogP contribution in [0, 0.1) is 10.1 Å². The minimum atomic E-state index is -0.457. The van der Waals surface area contributed by atoms with Crippen LogP contribution in [0.15, 0.2) is 42.5 Å². The molecule has 0 unspecified atom stereocenters. The van der Waals surface area contributed by atoms with Crippen LogP contribution in [0.1, 0.15) is 10.4 Å². The van der Waals surface area contributed by atoms with E-state index in [0.29, 0.717) is 28.7 Å². The number of halogens is 2. The molecule has 0 aliphatic heterocycles. The van der Waals surface area contributed by atoms with Crippen molar-refractivity contribution in [2.75, 3.05) is 18.4 Å². The molecule has 0 aromatic heterocycles. The average molecular weight is 354 g/mol. The molecular weight excluding hydrogens is 341 g/mol. The smallest absolute Gasteiger partial charge is 0.269 e. The van der Waals surface area contributed by atoms with E-state index in [1.165, 1.54) is 18.2 Å². The highest BCUT2D eigenvalue weighted by Crippen LogP contribution is 2.22. The van der Waals surface area contributed by atoms with Gasteiger partial charge >= 0.3 is 0 Å². The van der Waals surface area contributed by atoms with E-state index >= 15 is 0 Å². The molecule has 6 nitrogen and oxygen atoms in total. The van der Waals surface area contributed by atoms with Gasteiger partial charge in [0.1, 0.15) is 0 Å². The van der Waals surface area contributed by atoms with Crippen molar-refractivity contribution in [3.63, 3.8) is 0 Å². The van der Waals surface area contributed by atoms with E-state index in [0.717, 1.165) is 5.69 Å². The summed E-state index contributed by atoms with van der Waals surface area (Å²) >= 11 is 11.7. The summed E-state index contributed by atoms with van der Waals surface area (Å²) in [4.78, 5) is 22.0. The Morgan fingerprint density at radius 3 is 2.35 bits per heavy atom. The molecule has 0 heterocycles. The number of carbonyl (C=O) groups excluding carboxylic acids is 1. The maximum absolute atomic E-state index is 11.9. The van der Waals surface area contributed by atoms with Crippen molar-refractivity contribution in [2.24, 2.45) is 0 Å². The zero-order valence-corrected chi connectivity index (χ0v) is 13.4. The molecule has 1 amide bonds. The Hall–Kier alpha value is -2.31. The number of rotatable bonds is 6. The van der Waals surface area contributed by atoms with Crippen molar-refractivity contribution < 1.29 is 9.72 Å². The summed E-state index contributed by atoms with van der Waals surface area (Å²) in [6.07, 6.45) is 0. The van der Waals surface area contributed by atoms with Crippen molar-refractivity contribution >= 4 is 40.5 Å². The Morgan fingerprint density at radius 1 is 1.04 bits per heavy atom. The lowest BCUT2D eigenvalue weighted by Crippen LogP contribution is -2.28. The number of nitro groups is 1. The Balaban J connectivity index is 1.79. The molecule has 0 bridgehead atoms. The normalized spacial score (nSPS) is 10.2. The third-order valence-electron chi connectivity index (χ3n) is 3.00. The second-order valence-corrected chi connectivity index (χ2v) is 5.43. The molecule has 2 rings (SSSR count). The highest BCUT2D eigenvalue weighted by atomic mass is 35.5. The SMILES string of the molecule is O=C(NCCNc1ccc([N+](=O)[O-])cc1)c1ccc(Cl)c(Cl)c1. The summed E-state index contributed by atoms with van der Waals surface area (Å²) in [5.74, 6) is -0.255. The molecule has 0 fully saturated rings. The molecule has 0 aliphatic carbocycles. The number of anilines is 1. The van der Waals surface area contributed by atoms with E-state index in [1.54, 1.807) is 24.3 Å². The van der Waals surface area contributed by atoms with E-state index < -0.39 is 4.92 Å². The molecular formula is C15H13Cl2N3O3. The molecule has 0 spiro atoms. The van der Waals surface area contributed by atoms with Gasteiger partial charge in [-0.05, 0) is 30.3 Å². The van der Waals surface area contributed by atoms with Gasteiger partial charge in [-0.15, -0.1) is 0 Å². The van der Waals surface area contributed by atoms with Crippen LogP contribution in [-0.4, -0.2) is 23.9 Å². The Labute approximate surface area is 142 Å². The maximum atomic E-state index is 11.9. The fourth-order valence-corrected chi connectivity index (χ4v) is 2.12. The van der Waals surface area contributed by atoms with E-state index in [1.807, 2.05) is 0 Å². The molecule has 2 aromatic rings. The number of hydrogen-bond acceptors (Lipinski definition) is 4. The number of non-ortho nitro benzene ring substituents is 1. The van der Waals surface area contributed by atoms with Crippen molar-refractivity contribution in [1.82, 2.24) is 5.32 Å². The Kier molecular flexibility index (Phi) is 5.78. The van der Waals surface area contributed by atoms with Gasteiger partial charge in [0, 0.05) is 36.5 Å². The first kappa shape index (κ1) is 17.1. The summed E-state index contributed by atoms with van der Waals surface area (Å²) in [5.41, 5.74) is 1.19. The predicted octanol–water partition coefficient (Wildman–Crippen LogP) is 3.74. The maximum Gasteiger partial charge on any atom is 0.269 e. The molecule has 0 aliphatic rings. The standard InChI is InChI=1S/C15H13Cl2N3O3/c16-13-6-1-10(9-14(13)17)15(21)19-8-7-18-11-2-4-12(5-3-11)20(22)23/h1-6,9,18H,7-8H2,(H,19,21). The lowest BCUT2D eigenvalue weighted by atomic mass is 10.2. The van der Waals surface area contributed by atoms with Crippen molar-refractivity contribution in [1.29, 1.82) is 0 Å². The first-order valence-electron chi connectivity index (χ1n) is 6.69. The lowest BCUT2D eigenvalue weighted by molar-refractivity contribution is -0.384. The number of nitrogens with zero attached hydrogens (tertiary/aromatic N) is 1. The van der Waals surface area contributed by atoms with Crippen LogP contribution >= 0.6 is 23.2 Å². The second-order valence-electron chi connectivity index (χ2n) is 4.62.